The summed E-state index contributed by atoms with van der Waals surface area (Å²) in [5, 5.41) is 0.118. The third-order valence-corrected chi connectivity index (χ3v) is 2.19. The van der Waals surface area contributed by atoms with Crippen molar-refractivity contribution in [1.82, 2.24) is 0 Å². The normalized spacial score (nSPS) is 15.3. The van der Waals surface area contributed by atoms with E-state index in [1.807, 2.05) is 6.92 Å². The van der Waals surface area contributed by atoms with Crippen molar-refractivity contribution >= 4 is 11.6 Å². The lowest BCUT2D eigenvalue weighted by Gasteiger charge is -2.24. The quantitative estimate of drug-likeness (QED) is 0.583. The Bertz CT molecular complexity index is 85.7. The molecule has 0 spiro atoms. The second-order valence-electron chi connectivity index (χ2n) is 3.49. The van der Waals surface area contributed by atoms with Crippen molar-refractivity contribution in [3.05, 3.63) is 0 Å². The van der Waals surface area contributed by atoms with E-state index in [0.717, 1.165) is 6.61 Å². The van der Waals surface area contributed by atoms with E-state index in [0.29, 0.717) is 6.61 Å². The molecule has 0 aromatic heterocycles. The van der Waals surface area contributed by atoms with E-state index in [4.69, 9.17) is 16.3 Å². The first-order chi connectivity index (χ1) is 4.48. The molecule has 0 rings (SSSR count). The van der Waals surface area contributed by atoms with Gasteiger partial charge in [-0.1, -0.05) is 20.8 Å². The van der Waals surface area contributed by atoms with Crippen LogP contribution < -0.4 is 0 Å². The van der Waals surface area contributed by atoms with Crippen LogP contribution >= 0.6 is 11.6 Å². The maximum absolute atomic E-state index is 6.01. The zero-order valence-electron chi connectivity index (χ0n) is 7.28. The largest absolute Gasteiger partial charge is 0.380 e. The van der Waals surface area contributed by atoms with Crippen molar-refractivity contribution in [3.63, 3.8) is 0 Å². The molecule has 0 fully saturated rings. The lowest BCUT2D eigenvalue weighted by Crippen LogP contribution is -2.25. The molecule has 0 saturated heterocycles. The minimum absolute atomic E-state index is 0.118. The van der Waals surface area contributed by atoms with Crippen molar-refractivity contribution in [2.75, 3.05) is 13.2 Å². The predicted molar refractivity (Wildman–Crippen MR) is 45.6 cm³/mol. The summed E-state index contributed by atoms with van der Waals surface area (Å²) in [6.45, 7) is 9.73. The third-order valence-electron chi connectivity index (χ3n) is 1.41. The molecule has 0 saturated carbocycles. The highest BCUT2D eigenvalue weighted by atomic mass is 35.5. The summed E-state index contributed by atoms with van der Waals surface area (Å²) < 4.78 is 5.19. The minimum atomic E-state index is 0.118. The molecular formula is C8H17ClO. The van der Waals surface area contributed by atoms with E-state index in [1.54, 1.807) is 0 Å². The number of hydrogen-bond donors (Lipinski definition) is 0. The average Bonchev–Trinajstić information content (AvgIpc) is 1.80. The topological polar surface area (TPSA) is 9.23 Å². The Labute approximate surface area is 68.7 Å². The molecule has 0 bridgehead atoms. The maximum Gasteiger partial charge on any atom is 0.0635 e. The number of rotatable bonds is 3. The SMILES string of the molecule is CCOCC(Cl)C(C)(C)C. The van der Waals surface area contributed by atoms with E-state index < -0.39 is 0 Å². The fourth-order valence-corrected chi connectivity index (χ4v) is 0.560. The number of ether oxygens (including phenoxy) is 1. The molecule has 10 heavy (non-hydrogen) atoms. The molecule has 0 aliphatic carbocycles. The van der Waals surface area contributed by atoms with Gasteiger partial charge in [-0.15, -0.1) is 11.6 Å². The molecule has 0 heterocycles. The highest BCUT2D eigenvalue weighted by molar-refractivity contribution is 6.21. The molecule has 0 aliphatic rings. The van der Waals surface area contributed by atoms with Crippen molar-refractivity contribution in [2.45, 2.75) is 33.1 Å². The van der Waals surface area contributed by atoms with Gasteiger partial charge in [-0.3, -0.25) is 0 Å². The van der Waals surface area contributed by atoms with Gasteiger partial charge in [0.25, 0.3) is 0 Å². The zero-order chi connectivity index (χ0) is 8.20. The molecule has 0 aromatic carbocycles. The Kier molecular flexibility index (Phi) is 4.30. The van der Waals surface area contributed by atoms with E-state index in [-0.39, 0.29) is 10.8 Å². The summed E-state index contributed by atoms with van der Waals surface area (Å²) in [5.74, 6) is 0. The first kappa shape index (κ1) is 10.2. The van der Waals surface area contributed by atoms with Crippen LogP contribution in [0.5, 0.6) is 0 Å². The predicted octanol–water partition coefficient (Wildman–Crippen LogP) is 2.68. The smallest absolute Gasteiger partial charge is 0.0635 e. The first-order valence-electron chi connectivity index (χ1n) is 3.70. The van der Waals surface area contributed by atoms with E-state index >= 15 is 0 Å². The molecule has 1 atom stereocenters. The monoisotopic (exact) mass is 164 g/mol. The van der Waals surface area contributed by atoms with Crippen molar-refractivity contribution in [1.29, 1.82) is 0 Å². The molecule has 0 aromatic rings. The second-order valence-corrected chi connectivity index (χ2v) is 4.02. The van der Waals surface area contributed by atoms with Gasteiger partial charge in [-0.25, -0.2) is 0 Å². The van der Waals surface area contributed by atoms with Crippen LogP contribution in [0.3, 0.4) is 0 Å². The number of hydrogen-bond acceptors (Lipinski definition) is 1. The number of alkyl halides is 1. The van der Waals surface area contributed by atoms with Crippen LogP contribution in [0.4, 0.5) is 0 Å². The molecule has 0 aliphatic heterocycles. The van der Waals surface area contributed by atoms with E-state index in [1.165, 1.54) is 0 Å². The van der Waals surface area contributed by atoms with Gasteiger partial charge in [-0.2, -0.15) is 0 Å². The Morgan fingerprint density at radius 2 is 1.90 bits per heavy atom. The summed E-state index contributed by atoms with van der Waals surface area (Å²) in [5.41, 5.74) is 0.150. The molecule has 0 amide bonds. The summed E-state index contributed by atoms with van der Waals surface area (Å²) in [7, 11) is 0. The van der Waals surface area contributed by atoms with Crippen molar-refractivity contribution < 1.29 is 4.74 Å². The summed E-state index contributed by atoms with van der Waals surface area (Å²) >= 11 is 6.01. The van der Waals surface area contributed by atoms with Crippen LogP contribution in [0.1, 0.15) is 27.7 Å². The summed E-state index contributed by atoms with van der Waals surface area (Å²) in [6.07, 6.45) is 0. The fourth-order valence-electron chi connectivity index (χ4n) is 0.471. The van der Waals surface area contributed by atoms with Crippen LogP contribution in [0, 0.1) is 5.41 Å². The van der Waals surface area contributed by atoms with Crippen molar-refractivity contribution in [3.8, 4) is 0 Å². The molecule has 0 N–H and O–H groups in total. The molecule has 0 radical (unpaired) electrons. The van der Waals surface area contributed by atoms with Gasteiger partial charge in [-0.05, 0) is 12.3 Å². The fraction of sp³-hybridized carbons (Fsp3) is 1.00. The Morgan fingerprint density at radius 1 is 1.40 bits per heavy atom. The number of halogens is 1. The van der Waals surface area contributed by atoms with Gasteiger partial charge < -0.3 is 4.74 Å². The Morgan fingerprint density at radius 3 is 2.20 bits per heavy atom. The van der Waals surface area contributed by atoms with Gasteiger partial charge in [0, 0.05) is 6.61 Å². The molecule has 2 heteroatoms. The second kappa shape index (κ2) is 4.20. The van der Waals surface area contributed by atoms with Gasteiger partial charge in [0.1, 0.15) is 0 Å². The maximum atomic E-state index is 6.01. The lowest BCUT2D eigenvalue weighted by molar-refractivity contribution is 0.123. The minimum Gasteiger partial charge on any atom is -0.380 e. The highest BCUT2D eigenvalue weighted by Gasteiger charge is 2.21. The molecular weight excluding hydrogens is 148 g/mol. The molecule has 1 nitrogen and oxygen atoms in total. The summed E-state index contributed by atoms with van der Waals surface area (Å²) in [4.78, 5) is 0. The van der Waals surface area contributed by atoms with Gasteiger partial charge in [0.15, 0.2) is 0 Å². The van der Waals surface area contributed by atoms with Gasteiger partial charge >= 0.3 is 0 Å². The van der Waals surface area contributed by atoms with Crippen LogP contribution in [-0.4, -0.2) is 18.6 Å². The summed E-state index contributed by atoms with van der Waals surface area (Å²) in [6, 6.07) is 0. The van der Waals surface area contributed by atoms with Gasteiger partial charge in [0.05, 0.1) is 12.0 Å². The Balaban J connectivity index is 3.52. The average molecular weight is 165 g/mol. The van der Waals surface area contributed by atoms with Crippen LogP contribution in [0.2, 0.25) is 0 Å². The van der Waals surface area contributed by atoms with Crippen LogP contribution in [0.25, 0.3) is 0 Å². The van der Waals surface area contributed by atoms with Crippen LogP contribution in [0.15, 0.2) is 0 Å². The zero-order valence-corrected chi connectivity index (χ0v) is 8.03. The Hall–Kier alpha value is 0.250. The molecule has 1 unspecified atom stereocenters. The van der Waals surface area contributed by atoms with Crippen molar-refractivity contribution in [2.24, 2.45) is 5.41 Å². The van der Waals surface area contributed by atoms with Gasteiger partial charge in [0.2, 0.25) is 0 Å². The standard InChI is InChI=1S/C8H17ClO/c1-5-10-6-7(9)8(2,3)4/h7H,5-6H2,1-4H3. The first-order valence-corrected chi connectivity index (χ1v) is 4.14. The lowest BCUT2D eigenvalue weighted by atomic mass is 9.92. The van der Waals surface area contributed by atoms with Crippen LogP contribution in [-0.2, 0) is 4.74 Å². The third kappa shape index (κ3) is 4.13. The van der Waals surface area contributed by atoms with E-state index in [9.17, 15) is 0 Å². The highest BCUT2D eigenvalue weighted by Crippen LogP contribution is 2.24. The molecule has 62 valence electrons. The van der Waals surface area contributed by atoms with E-state index in [2.05, 4.69) is 20.8 Å².